The van der Waals surface area contributed by atoms with Crippen LogP contribution in [0.5, 0.6) is 0 Å². The fraction of sp³-hybridized carbons (Fsp3) is 0.294. The SMILES string of the molecule is CN(CCl)CCOC(c1ccccc1)c1ccc(Br)cc1.Cl. The highest BCUT2D eigenvalue weighted by Gasteiger charge is 2.14. The summed E-state index contributed by atoms with van der Waals surface area (Å²) in [6.45, 7) is 1.45. The molecule has 2 rings (SSSR count). The summed E-state index contributed by atoms with van der Waals surface area (Å²) in [5.41, 5.74) is 2.31. The van der Waals surface area contributed by atoms with Crippen molar-refractivity contribution in [1.29, 1.82) is 0 Å². The van der Waals surface area contributed by atoms with Crippen molar-refractivity contribution in [1.82, 2.24) is 4.90 Å². The van der Waals surface area contributed by atoms with Crippen LogP contribution in [0.2, 0.25) is 0 Å². The first-order valence-electron chi connectivity index (χ1n) is 6.87. The second kappa shape index (κ2) is 10.2. The standard InChI is InChI=1S/C17H19BrClNO.ClH/c1-20(13-19)11-12-21-17(14-5-3-2-4-6-14)15-7-9-16(18)10-8-15;/h2-10,17H,11-13H2,1H3;1H. The largest absolute Gasteiger partial charge is 0.367 e. The second-order valence-corrected chi connectivity index (χ2v) is 6.07. The van der Waals surface area contributed by atoms with E-state index in [1.54, 1.807) is 0 Å². The predicted molar refractivity (Wildman–Crippen MR) is 99.0 cm³/mol. The molecule has 5 heteroatoms. The van der Waals surface area contributed by atoms with Gasteiger partial charge in [0, 0.05) is 11.0 Å². The molecule has 0 fully saturated rings. The van der Waals surface area contributed by atoms with Crippen molar-refractivity contribution in [3.05, 3.63) is 70.2 Å². The van der Waals surface area contributed by atoms with Crippen molar-refractivity contribution in [2.24, 2.45) is 0 Å². The van der Waals surface area contributed by atoms with Crippen LogP contribution in [0.4, 0.5) is 0 Å². The molecule has 0 amide bonds. The lowest BCUT2D eigenvalue weighted by Gasteiger charge is -2.21. The molecule has 0 aliphatic carbocycles. The zero-order valence-corrected chi connectivity index (χ0v) is 15.6. The van der Waals surface area contributed by atoms with Crippen LogP contribution < -0.4 is 0 Å². The van der Waals surface area contributed by atoms with Crippen LogP contribution in [0.3, 0.4) is 0 Å². The van der Waals surface area contributed by atoms with Crippen LogP contribution >= 0.6 is 39.9 Å². The molecule has 2 aromatic rings. The maximum atomic E-state index is 6.11. The highest BCUT2D eigenvalue weighted by molar-refractivity contribution is 9.10. The second-order valence-electron chi connectivity index (χ2n) is 4.91. The van der Waals surface area contributed by atoms with Gasteiger partial charge in [0.2, 0.25) is 0 Å². The Morgan fingerprint density at radius 3 is 2.23 bits per heavy atom. The van der Waals surface area contributed by atoms with Crippen molar-refractivity contribution in [3.8, 4) is 0 Å². The fourth-order valence-electron chi connectivity index (χ4n) is 2.04. The zero-order valence-electron chi connectivity index (χ0n) is 12.4. The van der Waals surface area contributed by atoms with Crippen LogP contribution in [-0.2, 0) is 4.74 Å². The molecule has 0 heterocycles. The first-order chi connectivity index (χ1) is 10.2. The molecule has 0 aliphatic rings. The highest BCUT2D eigenvalue weighted by atomic mass is 79.9. The number of likely N-dealkylation sites (N-methyl/N-ethyl adjacent to an activating group) is 1. The molecule has 0 aromatic heterocycles. The third kappa shape index (κ3) is 5.90. The summed E-state index contributed by atoms with van der Waals surface area (Å²) in [5.74, 6) is 0. The first kappa shape index (κ1) is 19.5. The van der Waals surface area contributed by atoms with Gasteiger partial charge in [-0.25, -0.2) is 0 Å². The Kier molecular flexibility index (Phi) is 9.06. The number of benzene rings is 2. The minimum atomic E-state index is -0.0528. The van der Waals surface area contributed by atoms with Gasteiger partial charge in [0.25, 0.3) is 0 Å². The van der Waals surface area contributed by atoms with Crippen molar-refractivity contribution in [2.45, 2.75) is 6.10 Å². The van der Waals surface area contributed by atoms with Crippen LogP contribution in [-0.4, -0.2) is 31.1 Å². The average Bonchev–Trinajstić information content (AvgIpc) is 2.53. The van der Waals surface area contributed by atoms with Gasteiger partial charge in [0.05, 0.1) is 12.6 Å². The molecule has 2 nitrogen and oxygen atoms in total. The monoisotopic (exact) mass is 403 g/mol. The van der Waals surface area contributed by atoms with E-state index in [-0.39, 0.29) is 18.5 Å². The Morgan fingerprint density at radius 2 is 1.64 bits per heavy atom. The summed E-state index contributed by atoms with van der Waals surface area (Å²) in [6.07, 6.45) is -0.0528. The normalized spacial score (nSPS) is 12.0. The van der Waals surface area contributed by atoms with Crippen LogP contribution in [0.25, 0.3) is 0 Å². The third-order valence-corrected chi connectivity index (χ3v) is 4.17. The lowest BCUT2D eigenvalue weighted by molar-refractivity contribution is 0.0676. The topological polar surface area (TPSA) is 12.5 Å². The van der Waals surface area contributed by atoms with Crippen molar-refractivity contribution in [3.63, 3.8) is 0 Å². The number of hydrogen-bond acceptors (Lipinski definition) is 2. The van der Waals surface area contributed by atoms with Gasteiger partial charge in [-0.2, -0.15) is 0 Å². The summed E-state index contributed by atoms with van der Waals surface area (Å²) in [5, 5.41) is 0. The molecular weight excluding hydrogens is 385 g/mol. The Balaban J connectivity index is 0.00000242. The Hall–Kier alpha value is -0.580. The smallest absolute Gasteiger partial charge is 0.108 e. The molecule has 0 spiro atoms. The molecule has 0 saturated carbocycles. The number of hydrogen-bond donors (Lipinski definition) is 0. The Labute approximate surface area is 152 Å². The fourth-order valence-corrected chi connectivity index (χ4v) is 2.42. The Bertz CT molecular complexity index is 536. The first-order valence-corrected chi connectivity index (χ1v) is 8.20. The van der Waals surface area contributed by atoms with Gasteiger partial charge in [-0.3, -0.25) is 4.90 Å². The molecule has 1 atom stereocenters. The van der Waals surface area contributed by atoms with E-state index in [0.717, 1.165) is 22.1 Å². The van der Waals surface area contributed by atoms with E-state index in [2.05, 4.69) is 40.2 Å². The van der Waals surface area contributed by atoms with Gasteiger partial charge in [-0.05, 0) is 30.3 Å². The molecule has 2 aromatic carbocycles. The Morgan fingerprint density at radius 1 is 1.05 bits per heavy atom. The number of rotatable bonds is 7. The summed E-state index contributed by atoms with van der Waals surface area (Å²) >= 11 is 9.25. The van der Waals surface area contributed by atoms with E-state index >= 15 is 0 Å². The van der Waals surface area contributed by atoms with E-state index < -0.39 is 0 Å². The van der Waals surface area contributed by atoms with Gasteiger partial charge < -0.3 is 4.74 Å². The van der Waals surface area contributed by atoms with Crippen LogP contribution in [0.15, 0.2) is 59.1 Å². The number of alkyl halides is 1. The molecule has 0 bridgehead atoms. The number of nitrogens with zero attached hydrogens (tertiary/aromatic N) is 1. The zero-order chi connectivity index (χ0) is 15.1. The molecule has 0 radical (unpaired) electrons. The third-order valence-electron chi connectivity index (χ3n) is 3.24. The number of halogens is 3. The van der Waals surface area contributed by atoms with Crippen LogP contribution in [0.1, 0.15) is 17.2 Å². The van der Waals surface area contributed by atoms with Crippen molar-refractivity contribution in [2.75, 3.05) is 26.2 Å². The molecule has 120 valence electrons. The van der Waals surface area contributed by atoms with Crippen molar-refractivity contribution >= 4 is 39.9 Å². The lowest BCUT2D eigenvalue weighted by Crippen LogP contribution is -2.22. The van der Waals surface area contributed by atoms with E-state index in [9.17, 15) is 0 Å². The summed E-state index contributed by atoms with van der Waals surface area (Å²) in [6, 6.07) is 19.1. The molecule has 0 N–H and O–H groups in total. The van der Waals surface area contributed by atoms with E-state index in [0.29, 0.717) is 12.6 Å². The van der Waals surface area contributed by atoms with E-state index in [1.165, 1.54) is 0 Å². The molecule has 1 unspecified atom stereocenters. The predicted octanol–water partition coefficient (Wildman–Crippen LogP) is 5.11. The number of ether oxygens (including phenoxy) is 1. The summed E-state index contributed by atoms with van der Waals surface area (Å²) in [7, 11) is 1.98. The van der Waals surface area contributed by atoms with Gasteiger partial charge >= 0.3 is 0 Å². The average molecular weight is 405 g/mol. The van der Waals surface area contributed by atoms with Gasteiger partial charge in [0.1, 0.15) is 6.10 Å². The highest BCUT2D eigenvalue weighted by Crippen LogP contribution is 2.27. The molecule has 0 aliphatic heterocycles. The molecular formula is C17H20BrCl2NO. The van der Waals surface area contributed by atoms with E-state index in [4.69, 9.17) is 16.3 Å². The summed E-state index contributed by atoms with van der Waals surface area (Å²) < 4.78 is 7.18. The lowest BCUT2D eigenvalue weighted by atomic mass is 10.0. The minimum Gasteiger partial charge on any atom is -0.367 e. The van der Waals surface area contributed by atoms with Gasteiger partial charge in [-0.15, -0.1) is 24.0 Å². The minimum absolute atomic E-state index is 0. The molecule has 0 saturated heterocycles. The van der Waals surface area contributed by atoms with Crippen molar-refractivity contribution < 1.29 is 4.74 Å². The van der Waals surface area contributed by atoms with Gasteiger partial charge in [0.15, 0.2) is 0 Å². The maximum absolute atomic E-state index is 6.11. The summed E-state index contributed by atoms with van der Waals surface area (Å²) in [4.78, 5) is 2.02. The van der Waals surface area contributed by atoms with Crippen LogP contribution in [0, 0.1) is 0 Å². The van der Waals surface area contributed by atoms with E-state index in [1.807, 2.05) is 42.3 Å². The maximum Gasteiger partial charge on any atom is 0.108 e. The molecule has 22 heavy (non-hydrogen) atoms. The quantitative estimate of drug-likeness (QED) is 0.469. The van der Waals surface area contributed by atoms with Gasteiger partial charge in [-0.1, -0.05) is 58.4 Å².